The van der Waals surface area contributed by atoms with Crippen LogP contribution in [-0.4, -0.2) is 73.9 Å². The number of rotatable bonds is 7. The Kier molecular flexibility index (Phi) is 7.48. The van der Waals surface area contributed by atoms with Crippen LogP contribution in [-0.2, 0) is 9.53 Å². The van der Waals surface area contributed by atoms with Gasteiger partial charge < -0.3 is 24.2 Å². The highest BCUT2D eigenvalue weighted by Gasteiger charge is 2.42. The molecule has 3 aliphatic rings. The Morgan fingerprint density at radius 2 is 1.77 bits per heavy atom. The Labute approximate surface area is 206 Å². The Morgan fingerprint density at radius 1 is 1.00 bits per heavy atom. The number of morpholine rings is 1. The van der Waals surface area contributed by atoms with Crippen LogP contribution in [0.4, 0.5) is 15.8 Å². The molecule has 1 spiro atoms. The highest BCUT2D eigenvalue weighted by molar-refractivity contribution is 5.95. The summed E-state index contributed by atoms with van der Waals surface area (Å²) in [5, 5.41) is 0. The molecular weight excluding hydrogens is 447 g/mol. The number of piperidine rings is 2. The maximum atomic E-state index is 13.6. The normalized spacial score (nSPS) is 20.9. The molecule has 1 amide bonds. The van der Waals surface area contributed by atoms with Gasteiger partial charge in [-0.1, -0.05) is 6.42 Å². The Balaban J connectivity index is 1.10. The fourth-order valence-corrected chi connectivity index (χ4v) is 5.40. The molecule has 8 heteroatoms. The first-order chi connectivity index (χ1) is 17.1. The Hall–Kier alpha value is -2.71. The third-order valence-corrected chi connectivity index (χ3v) is 7.48. The summed E-state index contributed by atoms with van der Waals surface area (Å²) in [6.07, 6.45) is 8.08. The number of ether oxygens (including phenoxy) is 2. The first kappa shape index (κ1) is 24.0. The molecule has 7 nitrogen and oxygen atoms in total. The van der Waals surface area contributed by atoms with Gasteiger partial charge in [0.2, 0.25) is 5.95 Å². The van der Waals surface area contributed by atoms with Crippen LogP contribution in [0, 0.1) is 5.95 Å². The van der Waals surface area contributed by atoms with Crippen molar-refractivity contribution in [1.29, 1.82) is 0 Å². The summed E-state index contributed by atoms with van der Waals surface area (Å²) in [5.74, 6) is 0.186. The third kappa shape index (κ3) is 5.93. The summed E-state index contributed by atoms with van der Waals surface area (Å²) in [6, 6.07) is 11.3. The molecule has 3 fully saturated rings. The molecule has 0 aliphatic carbocycles. The summed E-state index contributed by atoms with van der Waals surface area (Å²) in [7, 11) is 0. The van der Waals surface area contributed by atoms with Gasteiger partial charge in [0.15, 0.2) is 0 Å². The van der Waals surface area contributed by atoms with Crippen LogP contribution in [0.1, 0.15) is 38.5 Å². The van der Waals surface area contributed by atoms with Gasteiger partial charge in [0.1, 0.15) is 12.4 Å². The Bertz CT molecular complexity index is 988. The first-order valence-electron chi connectivity index (χ1n) is 12.9. The van der Waals surface area contributed by atoms with Crippen LogP contribution in [0.3, 0.4) is 0 Å². The molecule has 35 heavy (non-hydrogen) atoms. The maximum absolute atomic E-state index is 13.6. The maximum Gasteiger partial charge on any atom is 0.253 e. The summed E-state index contributed by atoms with van der Waals surface area (Å²) in [4.78, 5) is 22.6. The van der Waals surface area contributed by atoms with E-state index >= 15 is 0 Å². The highest BCUT2D eigenvalue weighted by Crippen LogP contribution is 2.34. The molecule has 0 atom stereocenters. The van der Waals surface area contributed by atoms with Gasteiger partial charge in [0, 0.05) is 43.3 Å². The second-order valence-electron chi connectivity index (χ2n) is 9.87. The number of benzene rings is 1. The lowest BCUT2D eigenvalue weighted by atomic mass is 9.88. The molecule has 2 aromatic rings. The number of aromatic nitrogens is 1. The minimum Gasteiger partial charge on any atom is -0.494 e. The fourth-order valence-electron chi connectivity index (χ4n) is 5.40. The molecule has 0 unspecified atom stereocenters. The number of hydrogen-bond acceptors (Lipinski definition) is 6. The monoisotopic (exact) mass is 482 g/mol. The van der Waals surface area contributed by atoms with Crippen LogP contribution in [0.2, 0.25) is 0 Å². The van der Waals surface area contributed by atoms with Crippen molar-refractivity contribution in [3.63, 3.8) is 0 Å². The minimum atomic E-state index is -0.583. The predicted octanol–water partition coefficient (Wildman–Crippen LogP) is 3.88. The molecule has 1 aromatic heterocycles. The number of amides is 1. The standard InChI is InChI=1S/C27H35FN4O3/c28-25-19-23(9-12-29-25)32-21-27(35-20-26(32)33)10-16-31(17-11-27)22-5-7-24(8-6-22)34-18-4-15-30-13-2-1-3-14-30/h5-9,12,19H,1-4,10-11,13-18,20-21H2. The van der Waals surface area contributed by atoms with Crippen LogP contribution in [0.15, 0.2) is 42.6 Å². The van der Waals surface area contributed by atoms with Crippen LogP contribution in [0.25, 0.3) is 0 Å². The lowest BCUT2D eigenvalue weighted by Gasteiger charge is -2.47. The zero-order chi connectivity index (χ0) is 24.1. The largest absolute Gasteiger partial charge is 0.494 e. The number of carbonyl (C=O) groups excluding carboxylic acids is 1. The van der Waals surface area contributed by atoms with Crippen molar-refractivity contribution in [3.8, 4) is 5.75 Å². The number of carbonyl (C=O) groups is 1. The minimum absolute atomic E-state index is 0.0216. The molecule has 188 valence electrons. The molecule has 0 N–H and O–H groups in total. The molecule has 3 saturated heterocycles. The number of nitrogens with zero attached hydrogens (tertiary/aromatic N) is 4. The molecule has 0 bridgehead atoms. The average Bonchev–Trinajstić information content (AvgIpc) is 2.90. The van der Waals surface area contributed by atoms with E-state index in [1.807, 2.05) is 0 Å². The lowest BCUT2D eigenvalue weighted by Crippen LogP contribution is -2.59. The quantitative estimate of drug-likeness (QED) is 0.441. The van der Waals surface area contributed by atoms with E-state index in [0.29, 0.717) is 12.2 Å². The third-order valence-electron chi connectivity index (χ3n) is 7.48. The van der Waals surface area contributed by atoms with Crippen molar-refractivity contribution in [3.05, 3.63) is 48.5 Å². The van der Waals surface area contributed by atoms with E-state index in [9.17, 15) is 9.18 Å². The van der Waals surface area contributed by atoms with Gasteiger partial charge in [-0.05, 0) is 75.5 Å². The van der Waals surface area contributed by atoms with Gasteiger partial charge in [-0.15, -0.1) is 0 Å². The SMILES string of the molecule is O=C1COC2(CCN(c3ccc(OCCCN4CCCCC4)cc3)CC2)CN1c1ccnc(F)c1. The molecule has 5 rings (SSSR count). The molecule has 1 aromatic carbocycles. The van der Waals surface area contributed by atoms with Crippen LogP contribution < -0.4 is 14.5 Å². The Morgan fingerprint density at radius 3 is 2.51 bits per heavy atom. The second kappa shape index (κ2) is 10.9. The van der Waals surface area contributed by atoms with E-state index in [2.05, 4.69) is 39.0 Å². The topological polar surface area (TPSA) is 58.1 Å². The van der Waals surface area contributed by atoms with Gasteiger partial charge in [-0.3, -0.25) is 4.79 Å². The lowest BCUT2D eigenvalue weighted by molar-refractivity contribution is -0.141. The molecule has 0 radical (unpaired) electrons. The van der Waals surface area contributed by atoms with E-state index in [1.54, 1.807) is 11.0 Å². The average molecular weight is 483 g/mol. The van der Waals surface area contributed by atoms with Gasteiger partial charge in [0.25, 0.3) is 5.91 Å². The zero-order valence-electron chi connectivity index (χ0n) is 20.3. The van der Waals surface area contributed by atoms with Crippen LogP contribution >= 0.6 is 0 Å². The number of pyridine rings is 1. The second-order valence-corrected chi connectivity index (χ2v) is 9.87. The summed E-state index contributed by atoms with van der Waals surface area (Å²) >= 11 is 0. The van der Waals surface area contributed by atoms with Gasteiger partial charge in [-0.25, -0.2) is 4.98 Å². The number of likely N-dealkylation sites (tertiary alicyclic amines) is 1. The van der Waals surface area contributed by atoms with Crippen molar-refractivity contribution in [2.75, 3.05) is 62.3 Å². The highest BCUT2D eigenvalue weighted by atomic mass is 19.1. The summed E-state index contributed by atoms with van der Waals surface area (Å²) in [6.45, 7) is 6.46. The summed E-state index contributed by atoms with van der Waals surface area (Å²) in [5.41, 5.74) is 1.31. The van der Waals surface area contributed by atoms with E-state index in [-0.39, 0.29) is 12.5 Å². The van der Waals surface area contributed by atoms with Crippen molar-refractivity contribution < 1.29 is 18.7 Å². The number of hydrogen-bond donors (Lipinski definition) is 0. The molecule has 0 saturated carbocycles. The van der Waals surface area contributed by atoms with E-state index in [4.69, 9.17) is 9.47 Å². The molecule has 4 heterocycles. The molecule has 3 aliphatic heterocycles. The fraction of sp³-hybridized carbons (Fsp3) is 0.556. The molecular formula is C27H35FN4O3. The first-order valence-corrected chi connectivity index (χ1v) is 12.9. The van der Waals surface area contributed by atoms with Crippen molar-refractivity contribution in [2.45, 2.75) is 44.1 Å². The van der Waals surface area contributed by atoms with Gasteiger partial charge in [0.05, 0.1) is 18.8 Å². The van der Waals surface area contributed by atoms with Gasteiger partial charge >= 0.3 is 0 Å². The predicted molar refractivity (Wildman–Crippen MR) is 134 cm³/mol. The van der Waals surface area contributed by atoms with Crippen molar-refractivity contribution >= 4 is 17.3 Å². The van der Waals surface area contributed by atoms with E-state index in [1.165, 1.54) is 50.3 Å². The van der Waals surface area contributed by atoms with Crippen LogP contribution in [0.5, 0.6) is 5.75 Å². The van der Waals surface area contributed by atoms with E-state index < -0.39 is 11.5 Å². The zero-order valence-corrected chi connectivity index (χ0v) is 20.3. The summed E-state index contributed by atoms with van der Waals surface area (Å²) < 4.78 is 25.6. The van der Waals surface area contributed by atoms with Crippen molar-refractivity contribution in [2.24, 2.45) is 0 Å². The van der Waals surface area contributed by atoms with E-state index in [0.717, 1.165) is 51.3 Å². The number of anilines is 2. The van der Waals surface area contributed by atoms with Gasteiger partial charge in [-0.2, -0.15) is 4.39 Å². The smallest absolute Gasteiger partial charge is 0.253 e. The van der Waals surface area contributed by atoms with Crippen molar-refractivity contribution in [1.82, 2.24) is 9.88 Å². The number of halogens is 1.